The van der Waals surface area contributed by atoms with Gasteiger partial charge in [0.05, 0.1) is 12.2 Å². The van der Waals surface area contributed by atoms with Crippen molar-refractivity contribution in [1.82, 2.24) is 4.90 Å². The second kappa shape index (κ2) is 3.03. The Morgan fingerprint density at radius 1 is 1.54 bits per heavy atom. The van der Waals surface area contributed by atoms with Gasteiger partial charge >= 0.3 is 0 Å². The zero-order valence-electron chi connectivity index (χ0n) is 7.17. The number of fused-ring (bicyclic) bond motifs is 1. The van der Waals surface area contributed by atoms with Crippen molar-refractivity contribution in [2.75, 3.05) is 19.0 Å². The van der Waals surface area contributed by atoms with Crippen LogP contribution in [-0.4, -0.2) is 24.5 Å². The molecule has 1 aliphatic rings. The van der Waals surface area contributed by atoms with Crippen molar-refractivity contribution in [1.29, 1.82) is 0 Å². The Kier molecular flexibility index (Phi) is 2.00. The standard InChI is InChI=1S/C9H9BrN2O/c1-12-5-11-8-4-6(10)2-3-7(8)9(12)13/h2-4,11H,5H2,1H3. The maximum Gasteiger partial charge on any atom is 0.257 e. The van der Waals surface area contributed by atoms with Gasteiger partial charge in [-0.05, 0) is 18.2 Å². The van der Waals surface area contributed by atoms with Crippen LogP contribution in [0.2, 0.25) is 0 Å². The van der Waals surface area contributed by atoms with Gasteiger partial charge in [-0.2, -0.15) is 0 Å². The molecule has 0 aliphatic carbocycles. The molecule has 1 aromatic rings. The second-order valence-corrected chi connectivity index (χ2v) is 3.94. The second-order valence-electron chi connectivity index (χ2n) is 3.03. The lowest BCUT2D eigenvalue weighted by atomic mass is 10.1. The molecule has 0 fully saturated rings. The van der Waals surface area contributed by atoms with Crippen molar-refractivity contribution in [2.45, 2.75) is 0 Å². The minimum atomic E-state index is 0.0706. The first-order valence-electron chi connectivity index (χ1n) is 3.97. The molecule has 0 saturated carbocycles. The Balaban J connectivity index is 2.50. The van der Waals surface area contributed by atoms with Crippen LogP contribution in [0.15, 0.2) is 22.7 Å². The molecular formula is C9H9BrN2O. The minimum Gasteiger partial charge on any atom is -0.367 e. The molecule has 0 spiro atoms. The van der Waals surface area contributed by atoms with Gasteiger partial charge in [0.1, 0.15) is 0 Å². The van der Waals surface area contributed by atoms with Gasteiger partial charge in [-0.3, -0.25) is 4.79 Å². The number of nitrogens with one attached hydrogen (secondary N) is 1. The minimum absolute atomic E-state index is 0.0706. The largest absolute Gasteiger partial charge is 0.367 e. The van der Waals surface area contributed by atoms with Gasteiger partial charge in [0.25, 0.3) is 5.91 Å². The van der Waals surface area contributed by atoms with E-state index in [1.807, 2.05) is 18.2 Å². The molecule has 1 N–H and O–H groups in total. The maximum atomic E-state index is 11.6. The van der Waals surface area contributed by atoms with Crippen LogP contribution in [0.1, 0.15) is 10.4 Å². The van der Waals surface area contributed by atoms with E-state index in [2.05, 4.69) is 21.2 Å². The maximum absolute atomic E-state index is 11.6. The average Bonchev–Trinajstić information content (AvgIpc) is 2.12. The monoisotopic (exact) mass is 240 g/mol. The smallest absolute Gasteiger partial charge is 0.257 e. The average molecular weight is 241 g/mol. The summed E-state index contributed by atoms with van der Waals surface area (Å²) in [7, 11) is 1.78. The van der Waals surface area contributed by atoms with E-state index in [1.54, 1.807) is 11.9 Å². The summed E-state index contributed by atoms with van der Waals surface area (Å²) >= 11 is 3.36. The summed E-state index contributed by atoms with van der Waals surface area (Å²) in [4.78, 5) is 13.2. The molecule has 0 radical (unpaired) electrons. The summed E-state index contributed by atoms with van der Waals surface area (Å²) in [5, 5.41) is 3.16. The van der Waals surface area contributed by atoms with Gasteiger partial charge in [-0.15, -0.1) is 0 Å². The quantitative estimate of drug-likeness (QED) is 0.752. The van der Waals surface area contributed by atoms with Crippen LogP contribution in [-0.2, 0) is 0 Å². The summed E-state index contributed by atoms with van der Waals surface area (Å²) in [6.45, 7) is 0.572. The summed E-state index contributed by atoms with van der Waals surface area (Å²) < 4.78 is 0.983. The molecule has 1 amide bonds. The van der Waals surface area contributed by atoms with Crippen molar-refractivity contribution in [3.05, 3.63) is 28.2 Å². The molecule has 0 atom stereocenters. The predicted octanol–water partition coefficient (Wildman–Crippen LogP) is 1.90. The number of carbonyl (C=O) groups excluding carboxylic acids is 1. The summed E-state index contributed by atoms with van der Waals surface area (Å²) in [5.74, 6) is 0.0706. The SMILES string of the molecule is CN1CNc2cc(Br)ccc2C1=O. The zero-order valence-corrected chi connectivity index (χ0v) is 8.76. The fraction of sp³-hybridized carbons (Fsp3) is 0.222. The van der Waals surface area contributed by atoms with E-state index in [-0.39, 0.29) is 5.91 Å². The van der Waals surface area contributed by atoms with Crippen LogP contribution >= 0.6 is 15.9 Å². The van der Waals surface area contributed by atoms with Gasteiger partial charge in [0, 0.05) is 17.2 Å². The van der Waals surface area contributed by atoms with E-state index in [4.69, 9.17) is 0 Å². The highest BCUT2D eigenvalue weighted by atomic mass is 79.9. The van der Waals surface area contributed by atoms with Crippen LogP contribution in [0.3, 0.4) is 0 Å². The number of anilines is 1. The highest BCUT2D eigenvalue weighted by Gasteiger charge is 2.20. The van der Waals surface area contributed by atoms with Crippen LogP contribution in [0.25, 0.3) is 0 Å². The molecule has 0 aromatic heterocycles. The molecular weight excluding hydrogens is 232 g/mol. The van der Waals surface area contributed by atoms with Crippen LogP contribution in [0.4, 0.5) is 5.69 Å². The Hall–Kier alpha value is -1.03. The number of hydrogen-bond donors (Lipinski definition) is 1. The molecule has 1 aromatic carbocycles. The molecule has 0 bridgehead atoms. The molecule has 2 rings (SSSR count). The summed E-state index contributed by atoms with van der Waals surface area (Å²) in [6, 6.07) is 5.61. The highest BCUT2D eigenvalue weighted by molar-refractivity contribution is 9.10. The van der Waals surface area contributed by atoms with E-state index in [1.165, 1.54) is 0 Å². The molecule has 0 unspecified atom stereocenters. The Morgan fingerprint density at radius 3 is 3.08 bits per heavy atom. The van der Waals surface area contributed by atoms with Crippen molar-refractivity contribution < 1.29 is 4.79 Å². The number of halogens is 1. The third-order valence-corrected chi connectivity index (χ3v) is 2.56. The third-order valence-electron chi connectivity index (χ3n) is 2.07. The van der Waals surface area contributed by atoms with Gasteiger partial charge in [0.15, 0.2) is 0 Å². The van der Waals surface area contributed by atoms with Crippen molar-refractivity contribution >= 4 is 27.5 Å². The molecule has 13 heavy (non-hydrogen) atoms. The van der Waals surface area contributed by atoms with Gasteiger partial charge in [0.2, 0.25) is 0 Å². The fourth-order valence-electron chi connectivity index (χ4n) is 1.33. The first kappa shape index (κ1) is 8.56. The Bertz CT molecular complexity index is 365. The number of amides is 1. The van der Waals surface area contributed by atoms with E-state index < -0.39 is 0 Å². The number of rotatable bonds is 0. The molecule has 3 nitrogen and oxygen atoms in total. The highest BCUT2D eigenvalue weighted by Crippen LogP contribution is 2.24. The molecule has 68 valence electrons. The fourth-order valence-corrected chi connectivity index (χ4v) is 1.69. The predicted molar refractivity (Wildman–Crippen MR) is 54.7 cm³/mol. The molecule has 1 heterocycles. The first-order chi connectivity index (χ1) is 6.18. The van der Waals surface area contributed by atoms with Crippen molar-refractivity contribution in [3.63, 3.8) is 0 Å². The first-order valence-corrected chi connectivity index (χ1v) is 4.76. The van der Waals surface area contributed by atoms with Crippen LogP contribution in [0, 0.1) is 0 Å². The number of benzene rings is 1. The molecule has 0 saturated heterocycles. The zero-order chi connectivity index (χ0) is 9.42. The topological polar surface area (TPSA) is 32.3 Å². The Labute approximate surface area is 84.9 Å². The normalized spacial score (nSPS) is 15.2. The van der Waals surface area contributed by atoms with Crippen molar-refractivity contribution in [2.24, 2.45) is 0 Å². The lowest BCUT2D eigenvalue weighted by Crippen LogP contribution is -2.36. The van der Waals surface area contributed by atoms with E-state index >= 15 is 0 Å². The summed E-state index contributed by atoms with van der Waals surface area (Å²) in [6.07, 6.45) is 0. The van der Waals surface area contributed by atoms with E-state index in [0.29, 0.717) is 6.67 Å². The van der Waals surface area contributed by atoms with Gasteiger partial charge in [-0.25, -0.2) is 0 Å². The Morgan fingerprint density at radius 2 is 2.31 bits per heavy atom. The van der Waals surface area contributed by atoms with Crippen molar-refractivity contribution in [3.8, 4) is 0 Å². The van der Waals surface area contributed by atoms with Gasteiger partial charge < -0.3 is 10.2 Å². The number of carbonyl (C=O) groups is 1. The number of nitrogens with zero attached hydrogens (tertiary/aromatic N) is 1. The summed E-state index contributed by atoms with van der Waals surface area (Å²) in [5.41, 5.74) is 1.63. The lowest BCUT2D eigenvalue weighted by molar-refractivity contribution is 0.0797. The van der Waals surface area contributed by atoms with Crippen LogP contribution in [0.5, 0.6) is 0 Å². The molecule has 1 aliphatic heterocycles. The van der Waals surface area contributed by atoms with Gasteiger partial charge in [-0.1, -0.05) is 15.9 Å². The third kappa shape index (κ3) is 1.42. The lowest BCUT2D eigenvalue weighted by Gasteiger charge is -2.26. The van der Waals surface area contributed by atoms with E-state index in [9.17, 15) is 4.79 Å². The number of hydrogen-bond acceptors (Lipinski definition) is 2. The molecule has 4 heteroatoms. The van der Waals surface area contributed by atoms with Crippen LogP contribution < -0.4 is 5.32 Å². The van der Waals surface area contributed by atoms with E-state index in [0.717, 1.165) is 15.7 Å².